The van der Waals surface area contributed by atoms with E-state index in [9.17, 15) is 9.59 Å². The summed E-state index contributed by atoms with van der Waals surface area (Å²) in [6.07, 6.45) is 1.81. The second kappa shape index (κ2) is 5.14. The fourth-order valence-corrected chi connectivity index (χ4v) is 1.24. The molecule has 0 saturated heterocycles. The summed E-state index contributed by atoms with van der Waals surface area (Å²) in [5.74, 6) is 0. The highest BCUT2D eigenvalue weighted by molar-refractivity contribution is 5.77. The first-order valence-corrected chi connectivity index (χ1v) is 4.70. The van der Waals surface area contributed by atoms with Gasteiger partial charge in [-0.15, -0.1) is 0 Å². The molecule has 1 aromatic rings. The van der Waals surface area contributed by atoms with Crippen molar-refractivity contribution in [2.24, 2.45) is 0 Å². The molecule has 0 aliphatic carbocycles. The molecule has 0 saturated carbocycles. The van der Waals surface area contributed by atoms with Gasteiger partial charge in [0.25, 0.3) is 0 Å². The van der Waals surface area contributed by atoms with Gasteiger partial charge in [-0.2, -0.15) is 0 Å². The van der Waals surface area contributed by atoms with Crippen LogP contribution in [0.4, 0.5) is 11.4 Å². The van der Waals surface area contributed by atoms with Gasteiger partial charge in [-0.05, 0) is 24.6 Å². The SMILES string of the molecule is Cc1ccc(N(C=O)CCC=O)cc1N. The van der Waals surface area contributed by atoms with Crippen molar-refractivity contribution in [3.05, 3.63) is 23.8 Å². The maximum atomic E-state index is 10.8. The number of rotatable bonds is 5. The number of aryl methyl sites for hydroxylation is 1. The molecular formula is C11H14N2O2. The number of amides is 1. The first kappa shape index (κ1) is 11.2. The van der Waals surface area contributed by atoms with Crippen LogP contribution >= 0.6 is 0 Å². The van der Waals surface area contributed by atoms with Crippen molar-refractivity contribution in [1.82, 2.24) is 0 Å². The molecule has 0 radical (unpaired) electrons. The number of carbonyl (C=O) groups excluding carboxylic acids is 2. The van der Waals surface area contributed by atoms with Crippen LogP contribution in [0.2, 0.25) is 0 Å². The van der Waals surface area contributed by atoms with E-state index in [0.29, 0.717) is 25.1 Å². The zero-order valence-electron chi connectivity index (χ0n) is 8.64. The van der Waals surface area contributed by atoms with E-state index in [0.717, 1.165) is 17.5 Å². The third-order valence-electron chi connectivity index (χ3n) is 2.21. The van der Waals surface area contributed by atoms with E-state index in [1.165, 1.54) is 4.90 Å². The van der Waals surface area contributed by atoms with E-state index in [2.05, 4.69) is 0 Å². The Hall–Kier alpha value is -1.84. The number of hydrogen-bond donors (Lipinski definition) is 1. The highest BCUT2D eigenvalue weighted by Crippen LogP contribution is 2.19. The Morgan fingerprint density at radius 3 is 2.67 bits per heavy atom. The Labute approximate surface area is 88.7 Å². The summed E-state index contributed by atoms with van der Waals surface area (Å²) in [7, 11) is 0. The molecule has 1 rings (SSSR count). The molecule has 0 aliphatic heterocycles. The Balaban J connectivity index is 2.86. The van der Waals surface area contributed by atoms with E-state index in [4.69, 9.17) is 5.73 Å². The molecule has 4 heteroatoms. The lowest BCUT2D eigenvalue weighted by Crippen LogP contribution is -2.22. The Morgan fingerprint density at radius 2 is 2.13 bits per heavy atom. The van der Waals surface area contributed by atoms with Gasteiger partial charge in [-0.25, -0.2) is 0 Å². The molecule has 0 fully saturated rings. The molecule has 0 spiro atoms. The van der Waals surface area contributed by atoms with Crippen LogP contribution in [0.1, 0.15) is 12.0 Å². The number of anilines is 2. The second-order valence-corrected chi connectivity index (χ2v) is 3.30. The quantitative estimate of drug-likeness (QED) is 0.580. The van der Waals surface area contributed by atoms with E-state index in [1.807, 2.05) is 19.1 Å². The Bertz CT molecular complexity index is 364. The summed E-state index contributed by atoms with van der Waals surface area (Å²) < 4.78 is 0. The van der Waals surface area contributed by atoms with Crippen molar-refractivity contribution in [3.8, 4) is 0 Å². The molecular weight excluding hydrogens is 192 g/mol. The van der Waals surface area contributed by atoms with Crippen LogP contribution in [0.3, 0.4) is 0 Å². The number of nitrogen functional groups attached to an aromatic ring is 1. The van der Waals surface area contributed by atoms with Crippen molar-refractivity contribution < 1.29 is 9.59 Å². The molecule has 0 atom stereocenters. The highest BCUT2D eigenvalue weighted by atomic mass is 16.1. The fourth-order valence-electron chi connectivity index (χ4n) is 1.24. The van der Waals surface area contributed by atoms with Gasteiger partial charge >= 0.3 is 0 Å². The van der Waals surface area contributed by atoms with E-state index < -0.39 is 0 Å². The Kier molecular flexibility index (Phi) is 3.85. The highest BCUT2D eigenvalue weighted by Gasteiger charge is 2.05. The number of nitrogens with two attached hydrogens (primary N) is 1. The van der Waals surface area contributed by atoms with Crippen LogP contribution in [-0.2, 0) is 9.59 Å². The van der Waals surface area contributed by atoms with Gasteiger partial charge < -0.3 is 15.4 Å². The lowest BCUT2D eigenvalue weighted by molar-refractivity contribution is -0.108. The number of hydrogen-bond acceptors (Lipinski definition) is 3. The maximum Gasteiger partial charge on any atom is 0.214 e. The number of carbonyl (C=O) groups is 2. The summed E-state index contributed by atoms with van der Waals surface area (Å²) in [5, 5.41) is 0. The average molecular weight is 206 g/mol. The van der Waals surface area contributed by atoms with Crippen LogP contribution in [0.25, 0.3) is 0 Å². The van der Waals surface area contributed by atoms with Crippen LogP contribution in [0, 0.1) is 6.92 Å². The number of benzene rings is 1. The van der Waals surface area contributed by atoms with Crippen LogP contribution in [0.15, 0.2) is 18.2 Å². The van der Waals surface area contributed by atoms with Crippen molar-refractivity contribution in [3.63, 3.8) is 0 Å². The molecule has 1 aromatic carbocycles. The average Bonchev–Trinajstić information content (AvgIpc) is 2.24. The van der Waals surface area contributed by atoms with Gasteiger partial charge in [0.05, 0.1) is 0 Å². The van der Waals surface area contributed by atoms with Crippen LogP contribution in [-0.4, -0.2) is 19.2 Å². The van der Waals surface area contributed by atoms with E-state index in [-0.39, 0.29) is 0 Å². The minimum absolute atomic E-state index is 0.326. The molecule has 0 aromatic heterocycles. The largest absolute Gasteiger partial charge is 0.398 e. The van der Waals surface area contributed by atoms with Crippen LogP contribution in [0.5, 0.6) is 0 Å². The first-order valence-electron chi connectivity index (χ1n) is 4.70. The maximum absolute atomic E-state index is 10.8. The Morgan fingerprint density at radius 1 is 1.40 bits per heavy atom. The van der Waals surface area contributed by atoms with Gasteiger partial charge in [0, 0.05) is 24.3 Å². The van der Waals surface area contributed by atoms with Crippen molar-refractivity contribution >= 4 is 24.1 Å². The summed E-state index contributed by atoms with van der Waals surface area (Å²) in [6, 6.07) is 5.39. The second-order valence-electron chi connectivity index (χ2n) is 3.30. The molecule has 1 amide bonds. The molecule has 0 unspecified atom stereocenters. The zero-order valence-corrected chi connectivity index (χ0v) is 8.64. The molecule has 0 aliphatic rings. The molecule has 80 valence electrons. The topological polar surface area (TPSA) is 63.4 Å². The van der Waals surface area contributed by atoms with Gasteiger partial charge in [0.2, 0.25) is 6.41 Å². The molecule has 2 N–H and O–H groups in total. The van der Waals surface area contributed by atoms with Gasteiger partial charge in [-0.1, -0.05) is 6.07 Å². The molecule has 0 heterocycles. The summed E-state index contributed by atoms with van der Waals surface area (Å²) in [4.78, 5) is 22.4. The van der Waals surface area contributed by atoms with Crippen molar-refractivity contribution in [1.29, 1.82) is 0 Å². The zero-order chi connectivity index (χ0) is 11.3. The number of aldehydes is 1. The minimum Gasteiger partial charge on any atom is -0.398 e. The summed E-state index contributed by atoms with van der Waals surface area (Å²) >= 11 is 0. The molecule has 15 heavy (non-hydrogen) atoms. The van der Waals surface area contributed by atoms with Gasteiger partial charge in [0.15, 0.2) is 0 Å². The summed E-state index contributed by atoms with van der Waals surface area (Å²) in [6.45, 7) is 2.28. The van der Waals surface area contributed by atoms with Crippen molar-refractivity contribution in [2.75, 3.05) is 17.2 Å². The van der Waals surface area contributed by atoms with Gasteiger partial charge in [-0.3, -0.25) is 4.79 Å². The van der Waals surface area contributed by atoms with E-state index in [1.54, 1.807) is 6.07 Å². The fraction of sp³-hybridized carbons (Fsp3) is 0.273. The predicted molar refractivity (Wildman–Crippen MR) is 59.7 cm³/mol. The molecule has 0 bridgehead atoms. The standard InChI is InChI=1S/C11H14N2O2/c1-9-3-4-10(7-11(9)12)13(8-15)5-2-6-14/h3-4,6-8H,2,5,12H2,1H3. The van der Waals surface area contributed by atoms with Gasteiger partial charge in [0.1, 0.15) is 6.29 Å². The minimum atomic E-state index is 0.326. The smallest absolute Gasteiger partial charge is 0.214 e. The van der Waals surface area contributed by atoms with Crippen LogP contribution < -0.4 is 10.6 Å². The summed E-state index contributed by atoms with van der Waals surface area (Å²) in [5.41, 5.74) is 8.06. The predicted octanol–water partition coefficient (Wildman–Crippen LogP) is 1.13. The monoisotopic (exact) mass is 206 g/mol. The third-order valence-corrected chi connectivity index (χ3v) is 2.21. The van der Waals surface area contributed by atoms with E-state index >= 15 is 0 Å². The normalized spacial score (nSPS) is 9.67. The lowest BCUT2D eigenvalue weighted by atomic mass is 10.2. The van der Waals surface area contributed by atoms with Crippen molar-refractivity contribution in [2.45, 2.75) is 13.3 Å². The number of nitrogens with zero attached hydrogens (tertiary/aromatic N) is 1. The molecule has 4 nitrogen and oxygen atoms in total. The first-order chi connectivity index (χ1) is 7.19. The third kappa shape index (κ3) is 2.80. The lowest BCUT2D eigenvalue weighted by Gasteiger charge is -2.16.